The van der Waals surface area contributed by atoms with Gasteiger partial charge in [-0.2, -0.15) is 0 Å². The molecule has 0 atom stereocenters. The molecule has 1 rings (SSSR count). The fourth-order valence-electron chi connectivity index (χ4n) is 2.45. The van der Waals surface area contributed by atoms with Gasteiger partial charge in [0.25, 0.3) is 0 Å². The van der Waals surface area contributed by atoms with Crippen LogP contribution in [0.15, 0.2) is 0 Å². The number of carbonyl (C=O) groups is 3. The first-order valence-corrected chi connectivity index (χ1v) is 6.86. The molecule has 1 aliphatic carbocycles. The van der Waals surface area contributed by atoms with Gasteiger partial charge in [0.1, 0.15) is 5.60 Å². The van der Waals surface area contributed by atoms with E-state index >= 15 is 0 Å². The molecule has 0 aromatic rings. The Kier molecular flexibility index (Phi) is 5.99. The van der Waals surface area contributed by atoms with Gasteiger partial charge in [-0.15, -0.1) is 0 Å². The van der Waals surface area contributed by atoms with E-state index in [-0.39, 0.29) is 24.4 Å². The number of hydrogen-bond acceptors (Lipinski definition) is 5. The summed E-state index contributed by atoms with van der Waals surface area (Å²) in [6, 6.07) is 0. The van der Waals surface area contributed by atoms with Crippen molar-refractivity contribution in [3.63, 3.8) is 0 Å². The van der Waals surface area contributed by atoms with E-state index in [1.165, 1.54) is 7.11 Å². The number of esters is 2. The SMILES string of the molecule is CCC1(OC(=O)CCCC(=O)C(=O)OC)CCCC1. The van der Waals surface area contributed by atoms with Gasteiger partial charge >= 0.3 is 11.9 Å². The monoisotopic (exact) mass is 270 g/mol. The van der Waals surface area contributed by atoms with Crippen LogP contribution in [-0.4, -0.2) is 30.4 Å². The van der Waals surface area contributed by atoms with Crippen molar-refractivity contribution in [2.45, 2.75) is 63.9 Å². The highest BCUT2D eigenvalue weighted by atomic mass is 16.6. The second kappa shape index (κ2) is 7.26. The summed E-state index contributed by atoms with van der Waals surface area (Å²) in [7, 11) is 1.17. The summed E-state index contributed by atoms with van der Waals surface area (Å²) in [5.74, 6) is -1.73. The second-order valence-electron chi connectivity index (χ2n) is 4.99. The van der Waals surface area contributed by atoms with Crippen LogP contribution in [0.3, 0.4) is 0 Å². The number of Topliss-reactive ketones (excluding diaryl/α,β-unsaturated/α-hetero) is 1. The molecule has 0 radical (unpaired) electrons. The first-order valence-electron chi connectivity index (χ1n) is 6.86. The summed E-state index contributed by atoms with van der Waals surface area (Å²) in [5.41, 5.74) is -0.288. The van der Waals surface area contributed by atoms with Crippen LogP contribution in [-0.2, 0) is 23.9 Å². The summed E-state index contributed by atoms with van der Waals surface area (Å²) in [4.78, 5) is 33.8. The summed E-state index contributed by atoms with van der Waals surface area (Å²) in [6.45, 7) is 2.03. The zero-order valence-electron chi connectivity index (χ0n) is 11.7. The standard InChI is InChI=1S/C14H22O5/c1-3-14(9-4-5-10-14)19-12(16)8-6-7-11(15)13(17)18-2/h3-10H2,1-2H3. The quantitative estimate of drug-likeness (QED) is 0.523. The van der Waals surface area contributed by atoms with E-state index in [0.717, 1.165) is 32.1 Å². The van der Waals surface area contributed by atoms with Crippen molar-refractivity contribution in [1.29, 1.82) is 0 Å². The molecule has 5 nitrogen and oxygen atoms in total. The van der Waals surface area contributed by atoms with Gasteiger partial charge in [-0.3, -0.25) is 9.59 Å². The first kappa shape index (κ1) is 15.7. The van der Waals surface area contributed by atoms with E-state index in [4.69, 9.17) is 4.74 Å². The predicted molar refractivity (Wildman–Crippen MR) is 68.5 cm³/mol. The number of rotatable bonds is 7. The number of methoxy groups -OCH3 is 1. The Morgan fingerprint density at radius 1 is 1.11 bits per heavy atom. The van der Waals surface area contributed by atoms with Crippen LogP contribution in [0.1, 0.15) is 58.3 Å². The Balaban J connectivity index is 2.28. The third kappa shape index (κ3) is 4.65. The molecule has 0 saturated heterocycles. The van der Waals surface area contributed by atoms with Crippen LogP contribution in [0.25, 0.3) is 0 Å². The van der Waals surface area contributed by atoms with E-state index in [1.807, 2.05) is 6.92 Å². The van der Waals surface area contributed by atoms with Gasteiger partial charge < -0.3 is 9.47 Å². The van der Waals surface area contributed by atoms with Gasteiger partial charge in [-0.25, -0.2) is 4.79 Å². The zero-order chi connectivity index (χ0) is 14.3. The highest BCUT2D eigenvalue weighted by Gasteiger charge is 2.35. The first-order chi connectivity index (χ1) is 9.03. The molecule has 0 amide bonds. The molecule has 19 heavy (non-hydrogen) atoms. The molecular weight excluding hydrogens is 248 g/mol. The van der Waals surface area contributed by atoms with Crippen molar-refractivity contribution in [1.82, 2.24) is 0 Å². The molecule has 0 unspecified atom stereocenters. The van der Waals surface area contributed by atoms with Gasteiger partial charge in [-0.05, 0) is 38.5 Å². The molecule has 0 bridgehead atoms. The third-order valence-corrected chi connectivity index (χ3v) is 3.69. The van der Waals surface area contributed by atoms with Crippen LogP contribution in [0.4, 0.5) is 0 Å². The normalized spacial score (nSPS) is 16.9. The fourth-order valence-corrected chi connectivity index (χ4v) is 2.45. The molecule has 108 valence electrons. The van der Waals surface area contributed by atoms with Gasteiger partial charge in [-0.1, -0.05) is 6.92 Å². The molecular formula is C14H22O5. The average Bonchev–Trinajstić information content (AvgIpc) is 2.86. The highest BCUT2D eigenvalue weighted by Crippen LogP contribution is 2.36. The molecule has 1 fully saturated rings. The molecule has 1 saturated carbocycles. The Labute approximate surface area is 113 Å². The lowest BCUT2D eigenvalue weighted by Crippen LogP contribution is -2.31. The minimum Gasteiger partial charge on any atom is -0.463 e. The maximum atomic E-state index is 11.7. The average molecular weight is 270 g/mol. The highest BCUT2D eigenvalue weighted by molar-refractivity contribution is 6.33. The molecule has 1 aliphatic rings. The maximum Gasteiger partial charge on any atom is 0.374 e. The number of hydrogen-bond donors (Lipinski definition) is 0. The van der Waals surface area contributed by atoms with Crippen LogP contribution >= 0.6 is 0 Å². The van der Waals surface area contributed by atoms with Crippen molar-refractivity contribution < 1.29 is 23.9 Å². The number of ketones is 1. The Morgan fingerprint density at radius 2 is 1.74 bits per heavy atom. The van der Waals surface area contributed by atoms with E-state index in [9.17, 15) is 14.4 Å². The zero-order valence-corrected chi connectivity index (χ0v) is 11.7. The minimum atomic E-state index is -0.853. The van der Waals surface area contributed by atoms with E-state index in [1.54, 1.807) is 0 Å². The second-order valence-corrected chi connectivity index (χ2v) is 4.99. The van der Waals surface area contributed by atoms with Gasteiger partial charge in [0.15, 0.2) is 0 Å². The van der Waals surface area contributed by atoms with Crippen molar-refractivity contribution >= 4 is 17.7 Å². The molecule has 0 aromatic heterocycles. The molecule has 0 aliphatic heterocycles. The van der Waals surface area contributed by atoms with Gasteiger partial charge in [0.2, 0.25) is 5.78 Å². The van der Waals surface area contributed by atoms with Gasteiger partial charge in [0, 0.05) is 12.8 Å². The summed E-state index contributed by atoms with van der Waals surface area (Å²) >= 11 is 0. The van der Waals surface area contributed by atoms with Crippen LogP contribution in [0.2, 0.25) is 0 Å². The van der Waals surface area contributed by atoms with Crippen molar-refractivity contribution in [2.75, 3.05) is 7.11 Å². The van der Waals surface area contributed by atoms with Gasteiger partial charge in [0.05, 0.1) is 7.11 Å². The van der Waals surface area contributed by atoms with Crippen molar-refractivity contribution in [3.05, 3.63) is 0 Å². The minimum absolute atomic E-state index is 0.0287. The summed E-state index contributed by atoms with van der Waals surface area (Å²) < 4.78 is 9.86. The topological polar surface area (TPSA) is 69.7 Å². The fraction of sp³-hybridized carbons (Fsp3) is 0.786. The maximum absolute atomic E-state index is 11.7. The molecule has 0 N–H and O–H groups in total. The molecule has 0 aromatic carbocycles. The molecule has 0 spiro atoms. The summed E-state index contributed by atoms with van der Waals surface area (Å²) in [6.07, 6.45) is 5.41. The predicted octanol–water partition coefficient (Wildman–Crippen LogP) is 2.16. The summed E-state index contributed by atoms with van der Waals surface area (Å²) in [5, 5.41) is 0. The number of carbonyl (C=O) groups excluding carboxylic acids is 3. The Morgan fingerprint density at radius 3 is 2.26 bits per heavy atom. The Bertz CT molecular complexity index is 342. The van der Waals surface area contributed by atoms with Crippen molar-refractivity contribution in [2.24, 2.45) is 0 Å². The largest absolute Gasteiger partial charge is 0.463 e. The van der Waals surface area contributed by atoms with E-state index < -0.39 is 11.8 Å². The molecule has 0 heterocycles. The van der Waals surface area contributed by atoms with Crippen LogP contribution < -0.4 is 0 Å². The lowest BCUT2D eigenvalue weighted by atomic mass is 9.99. The third-order valence-electron chi connectivity index (χ3n) is 3.69. The Hall–Kier alpha value is -1.39. The van der Waals surface area contributed by atoms with Crippen LogP contribution in [0, 0.1) is 0 Å². The van der Waals surface area contributed by atoms with E-state index in [0.29, 0.717) is 6.42 Å². The molecule has 5 heteroatoms. The smallest absolute Gasteiger partial charge is 0.374 e. The lowest BCUT2D eigenvalue weighted by Gasteiger charge is -2.27. The van der Waals surface area contributed by atoms with Crippen molar-refractivity contribution in [3.8, 4) is 0 Å². The number of ether oxygens (including phenoxy) is 2. The van der Waals surface area contributed by atoms with Crippen LogP contribution in [0.5, 0.6) is 0 Å². The lowest BCUT2D eigenvalue weighted by molar-refractivity contribution is -0.160. The van der Waals surface area contributed by atoms with E-state index in [2.05, 4.69) is 4.74 Å².